The van der Waals surface area contributed by atoms with Gasteiger partial charge in [0.05, 0.1) is 12.6 Å². The summed E-state index contributed by atoms with van der Waals surface area (Å²) in [5.41, 5.74) is 2.09. The molecule has 2 N–H and O–H groups in total. The van der Waals surface area contributed by atoms with E-state index in [1.54, 1.807) is 0 Å². The second kappa shape index (κ2) is 11.2. The third kappa shape index (κ3) is 6.46. The highest BCUT2D eigenvalue weighted by atomic mass is 127. The van der Waals surface area contributed by atoms with E-state index in [4.69, 9.17) is 9.47 Å². The van der Waals surface area contributed by atoms with E-state index in [-0.39, 0.29) is 42.6 Å². The average Bonchev–Trinajstić information content (AvgIpc) is 3.15. The maximum Gasteiger partial charge on any atom is 0.231 e. The molecular formula is C21H28FIN4O2. The number of likely N-dealkylation sites (N-methyl/N-ethyl adjacent to an activating group) is 1. The van der Waals surface area contributed by atoms with Crippen molar-refractivity contribution in [2.45, 2.75) is 19.5 Å². The second-order valence-corrected chi connectivity index (χ2v) is 6.79. The molecule has 3 rings (SSSR count). The number of hydrogen-bond acceptors (Lipinski definition) is 4. The summed E-state index contributed by atoms with van der Waals surface area (Å²) >= 11 is 0. The van der Waals surface area contributed by atoms with Gasteiger partial charge in [-0.1, -0.05) is 18.2 Å². The number of aliphatic imine (C=N–C) groups is 1. The van der Waals surface area contributed by atoms with Crippen LogP contribution in [0.15, 0.2) is 47.5 Å². The first-order valence-electron chi connectivity index (χ1n) is 9.39. The molecule has 1 heterocycles. The lowest BCUT2D eigenvalue weighted by Gasteiger charge is -2.26. The molecular weight excluding hydrogens is 486 g/mol. The summed E-state index contributed by atoms with van der Waals surface area (Å²) in [6, 6.07) is 12.6. The smallest absolute Gasteiger partial charge is 0.231 e. The van der Waals surface area contributed by atoms with Crippen molar-refractivity contribution in [3.05, 3.63) is 59.4 Å². The summed E-state index contributed by atoms with van der Waals surface area (Å²) < 4.78 is 24.0. The Labute approximate surface area is 188 Å². The Balaban J connectivity index is 0.00000300. The molecule has 0 saturated carbocycles. The number of fused-ring (bicyclic) bond motifs is 1. The number of halogens is 2. The predicted octanol–water partition coefficient (Wildman–Crippen LogP) is 3.53. The summed E-state index contributed by atoms with van der Waals surface area (Å²) in [5, 5.41) is 6.65. The van der Waals surface area contributed by atoms with Crippen LogP contribution in [0, 0.1) is 5.82 Å². The number of guanidine groups is 1. The van der Waals surface area contributed by atoms with E-state index in [1.807, 2.05) is 51.4 Å². The standard InChI is InChI=1S/C21H27FN4O2.HI/c1-4-23-21(24-12-15-5-10-19-20(11-15)28-14-27-19)25-13-18(26(2)3)16-6-8-17(22)9-7-16;/h5-11,18H,4,12-14H2,1-3H3,(H2,23,24,25);1H. The maximum atomic E-state index is 13.2. The van der Waals surface area contributed by atoms with Crippen molar-refractivity contribution in [1.29, 1.82) is 0 Å². The monoisotopic (exact) mass is 514 g/mol. The minimum Gasteiger partial charge on any atom is -0.454 e. The highest BCUT2D eigenvalue weighted by molar-refractivity contribution is 14.0. The van der Waals surface area contributed by atoms with Gasteiger partial charge in [-0.05, 0) is 56.4 Å². The molecule has 0 amide bonds. The Morgan fingerprint density at radius 2 is 1.83 bits per heavy atom. The van der Waals surface area contributed by atoms with Crippen LogP contribution in [-0.4, -0.2) is 44.8 Å². The molecule has 8 heteroatoms. The van der Waals surface area contributed by atoms with Crippen molar-refractivity contribution >= 4 is 29.9 Å². The quantitative estimate of drug-likeness (QED) is 0.337. The van der Waals surface area contributed by atoms with Crippen LogP contribution in [0.3, 0.4) is 0 Å². The van der Waals surface area contributed by atoms with Crippen LogP contribution in [0.25, 0.3) is 0 Å². The third-order valence-corrected chi connectivity index (χ3v) is 4.54. The molecule has 0 bridgehead atoms. The molecule has 29 heavy (non-hydrogen) atoms. The van der Waals surface area contributed by atoms with Crippen molar-refractivity contribution in [2.24, 2.45) is 4.99 Å². The minimum atomic E-state index is -0.229. The van der Waals surface area contributed by atoms with Crippen LogP contribution in [-0.2, 0) is 6.54 Å². The molecule has 0 radical (unpaired) electrons. The Morgan fingerprint density at radius 3 is 2.52 bits per heavy atom. The molecule has 0 spiro atoms. The fourth-order valence-electron chi connectivity index (χ4n) is 3.03. The van der Waals surface area contributed by atoms with Gasteiger partial charge in [0.1, 0.15) is 5.82 Å². The number of benzene rings is 2. The van der Waals surface area contributed by atoms with Gasteiger partial charge >= 0.3 is 0 Å². The predicted molar refractivity (Wildman–Crippen MR) is 124 cm³/mol. The van der Waals surface area contributed by atoms with Gasteiger partial charge in [-0.15, -0.1) is 24.0 Å². The lowest BCUT2D eigenvalue weighted by atomic mass is 10.1. The first-order valence-corrected chi connectivity index (χ1v) is 9.39. The van der Waals surface area contributed by atoms with E-state index < -0.39 is 0 Å². The number of nitrogens with one attached hydrogen (secondary N) is 2. The van der Waals surface area contributed by atoms with Crippen LogP contribution in [0.1, 0.15) is 24.1 Å². The van der Waals surface area contributed by atoms with Crippen LogP contribution >= 0.6 is 24.0 Å². The molecule has 6 nitrogen and oxygen atoms in total. The summed E-state index contributed by atoms with van der Waals surface area (Å²) in [5.74, 6) is 2.03. The summed E-state index contributed by atoms with van der Waals surface area (Å²) in [6.07, 6.45) is 0. The lowest BCUT2D eigenvalue weighted by Crippen LogP contribution is -2.41. The molecule has 0 aliphatic carbocycles. The van der Waals surface area contributed by atoms with Crippen LogP contribution in [0.5, 0.6) is 11.5 Å². The Morgan fingerprint density at radius 1 is 1.10 bits per heavy atom. The molecule has 2 aromatic carbocycles. The van der Waals surface area contributed by atoms with Gasteiger partial charge in [0.2, 0.25) is 6.79 Å². The molecule has 0 aromatic heterocycles. The van der Waals surface area contributed by atoms with E-state index in [0.717, 1.165) is 35.1 Å². The van der Waals surface area contributed by atoms with Crippen molar-refractivity contribution in [1.82, 2.24) is 15.5 Å². The molecule has 1 atom stereocenters. The van der Waals surface area contributed by atoms with E-state index in [0.29, 0.717) is 13.1 Å². The van der Waals surface area contributed by atoms with Crippen LogP contribution in [0.4, 0.5) is 4.39 Å². The maximum absolute atomic E-state index is 13.2. The number of hydrogen-bond donors (Lipinski definition) is 2. The molecule has 1 unspecified atom stereocenters. The zero-order valence-corrected chi connectivity index (χ0v) is 19.3. The highest BCUT2D eigenvalue weighted by Crippen LogP contribution is 2.32. The largest absolute Gasteiger partial charge is 0.454 e. The molecule has 0 fully saturated rings. The average molecular weight is 514 g/mol. The van der Waals surface area contributed by atoms with Gasteiger partial charge in [-0.2, -0.15) is 0 Å². The first kappa shape index (κ1) is 23.2. The normalized spacial score (nSPS) is 13.8. The van der Waals surface area contributed by atoms with E-state index in [2.05, 4.69) is 20.5 Å². The van der Waals surface area contributed by atoms with Gasteiger partial charge in [0.15, 0.2) is 17.5 Å². The fraction of sp³-hybridized carbons (Fsp3) is 0.381. The van der Waals surface area contributed by atoms with Gasteiger partial charge < -0.3 is 25.0 Å². The van der Waals surface area contributed by atoms with E-state index >= 15 is 0 Å². The number of rotatable bonds is 7. The topological polar surface area (TPSA) is 58.1 Å². The minimum absolute atomic E-state index is 0. The van der Waals surface area contributed by atoms with Crippen molar-refractivity contribution < 1.29 is 13.9 Å². The van der Waals surface area contributed by atoms with Gasteiger partial charge in [0, 0.05) is 13.1 Å². The van der Waals surface area contributed by atoms with E-state index in [1.165, 1.54) is 12.1 Å². The second-order valence-electron chi connectivity index (χ2n) is 6.79. The van der Waals surface area contributed by atoms with Crippen molar-refractivity contribution in [2.75, 3.05) is 34.0 Å². The summed E-state index contributed by atoms with van der Waals surface area (Å²) in [7, 11) is 4.01. The fourth-order valence-corrected chi connectivity index (χ4v) is 3.03. The molecule has 0 saturated heterocycles. The van der Waals surface area contributed by atoms with Crippen LogP contribution < -0.4 is 20.1 Å². The first-order chi connectivity index (χ1) is 13.6. The number of ether oxygens (including phenoxy) is 2. The third-order valence-electron chi connectivity index (χ3n) is 4.54. The molecule has 2 aromatic rings. The Bertz CT molecular complexity index is 815. The Kier molecular flexibility index (Phi) is 8.97. The number of nitrogens with zero attached hydrogens (tertiary/aromatic N) is 2. The van der Waals surface area contributed by atoms with E-state index in [9.17, 15) is 4.39 Å². The zero-order valence-electron chi connectivity index (χ0n) is 16.9. The summed E-state index contributed by atoms with van der Waals surface area (Å²) in [4.78, 5) is 6.77. The van der Waals surface area contributed by atoms with Gasteiger partial charge in [-0.3, -0.25) is 0 Å². The highest BCUT2D eigenvalue weighted by Gasteiger charge is 2.15. The SMILES string of the molecule is CCNC(=NCc1ccc2c(c1)OCO2)NCC(c1ccc(F)cc1)N(C)C.I. The molecule has 1 aliphatic rings. The molecule has 158 valence electrons. The zero-order chi connectivity index (χ0) is 19.9. The van der Waals surface area contributed by atoms with Crippen molar-refractivity contribution in [3.63, 3.8) is 0 Å². The summed E-state index contributed by atoms with van der Waals surface area (Å²) in [6.45, 7) is 4.22. The van der Waals surface area contributed by atoms with Crippen molar-refractivity contribution in [3.8, 4) is 11.5 Å². The Hall–Kier alpha value is -2.07. The van der Waals surface area contributed by atoms with Crippen LogP contribution in [0.2, 0.25) is 0 Å². The van der Waals surface area contributed by atoms with Gasteiger partial charge in [-0.25, -0.2) is 9.38 Å². The lowest BCUT2D eigenvalue weighted by molar-refractivity contribution is 0.174. The molecule has 1 aliphatic heterocycles. The van der Waals surface area contributed by atoms with Gasteiger partial charge in [0.25, 0.3) is 0 Å².